The first-order valence-corrected chi connectivity index (χ1v) is 6.98. The second-order valence-corrected chi connectivity index (χ2v) is 5.14. The highest BCUT2D eigenvalue weighted by Crippen LogP contribution is 2.29. The van der Waals surface area contributed by atoms with Gasteiger partial charge >= 0.3 is 5.97 Å². The Bertz CT molecular complexity index is 464. The van der Waals surface area contributed by atoms with Gasteiger partial charge in [-0.3, -0.25) is 0 Å². The molecule has 0 heterocycles. The fourth-order valence-corrected chi connectivity index (χ4v) is 2.08. The highest BCUT2D eigenvalue weighted by molar-refractivity contribution is 6.34. The number of ether oxygens (including phenoxy) is 1. The van der Waals surface area contributed by atoms with Crippen molar-refractivity contribution >= 4 is 28.9 Å². The van der Waals surface area contributed by atoms with Crippen molar-refractivity contribution in [1.82, 2.24) is 4.90 Å². The largest absolute Gasteiger partial charge is 0.462 e. The summed E-state index contributed by atoms with van der Waals surface area (Å²) in [5.74, 6) is -0.420. The molecule has 0 aliphatic heterocycles. The summed E-state index contributed by atoms with van der Waals surface area (Å²) in [5, 5.41) is 3.62. The van der Waals surface area contributed by atoms with Gasteiger partial charge in [0.1, 0.15) is 0 Å². The van der Waals surface area contributed by atoms with E-state index < -0.39 is 5.97 Å². The third kappa shape index (κ3) is 4.90. The van der Waals surface area contributed by atoms with Gasteiger partial charge in [-0.05, 0) is 46.1 Å². The van der Waals surface area contributed by atoms with E-state index in [1.54, 1.807) is 19.1 Å². The van der Waals surface area contributed by atoms with Gasteiger partial charge < -0.3 is 20.7 Å². The maximum atomic E-state index is 11.9. The van der Waals surface area contributed by atoms with Gasteiger partial charge in [0.25, 0.3) is 0 Å². The fourth-order valence-electron chi connectivity index (χ4n) is 1.79. The molecule has 0 spiro atoms. The molecule has 0 saturated heterocycles. The molecule has 5 nitrogen and oxygen atoms in total. The van der Waals surface area contributed by atoms with E-state index in [0.29, 0.717) is 35.1 Å². The molecule has 112 valence electrons. The van der Waals surface area contributed by atoms with Crippen LogP contribution >= 0.6 is 11.6 Å². The first kappa shape index (κ1) is 16.6. The Morgan fingerprint density at radius 3 is 2.75 bits per heavy atom. The smallest absolute Gasteiger partial charge is 0.340 e. The molecule has 1 aromatic carbocycles. The minimum atomic E-state index is -0.420. The molecule has 0 atom stereocenters. The Morgan fingerprint density at radius 2 is 2.15 bits per heavy atom. The third-order valence-corrected chi connectivity index (χ3v) is 2.99. The Morgan fingerprint density at radius 1 is 1.45 bits per heavy atom. The molecule has 0 aromatic heterocycles. The van der Waals surface area contributed by atoms with Gasteiger partial charge in [0.15, 0.2) is 0 Å². The van der Waals surface area contributed by atoms with Crippen LogP contribution in [-0.4, -0.2) is 44.7 Å². The monoisotopic (exact) mass is 299 g/mol. The summed E-state index contributed by atoms with van der Waals surface area (Å²) in [4.78, 5) is 14.0. The summed E-state index contributed by atoms with van der Waals surface area (Å²) in [7, 11) is 4.03. The molecule has 0 amide bonds. The molecule has 3 N–H and O–H groups in total. The van der Waals surface area contributed by atoms with Crippen LogP contribution in [0.2, 0.25) is 5.02 Å². The molecular formula is C14H22ClN3O2. The SMILES string of the molecule is CCOC(=O)c1cc(N)cc(Cl)c1NCCCN(C)C. The van der Waals surface area contributed by atoms with Crippen LogP contribution in [0.5, 0.6) is 0 Å². The predicted molar refractivity (Wildman–Crippen MR) is 83.5 cm³/mol. The van der Waals surface area contributed by atoms with Crippen molar-refractivity contribution < 1.29 is 9.53 Å². The molecule has 0 fully saturated rings. The van der Waals surface area contributed by atoms with Crippen molar-refractivity contribution in [1.29, 1.82) is 0 Å². The van der Waals surface area contributed by atoms with Crippen LogP contribution in [0.3, 0.4) is 0 Å². The second-order valence-electron chi connectivity index (χ2n) is 4.73. The number of benzene rings is 1. The first-order chi connectivity index (χ1) is 9.45. The lowest BCUT2D eigenvalue weighted by Crippen LogP contribution is -2.17. The van der Waals surface area contributed by atoms with Crippen LogP contribution in [0.15, 0.2) is 12.1 Å². The maximum Gasteiger partial charge on any atom is 0.340 e. The molecular weight excluding hydrogens is 278 g/mol. The zero-order valence-electron chi connectivity index (χ0n) is 12.2. The Hall–Kier alpha value is -1.46. The molecule has 1 rings (SSSR count). The van der Waals surface area contributed by atoms with Crippen molar-refractivity contribution in [3.63, 3.8) is 0 Å². The van der Waals surface area contributed by atoms with Crippen LogP contribution in [0.4, 0.5) is 11.4 Å². The second kappa shape index (κ2) is 7.97. The van der Waals surface area contributed by atoms with E-state index in [-0.39, 0.29) is 0 Å². The van der Waals surface area contributed by atoms with Gasteiger partial charge in [-0.25, -0.2) is 4.79 Å². The van der Waals surface area contributed by atoms with Crippen LogP contribution < -0.4 is 11.1 Å². The summed E-state index contributed by atoms with van der Waals surface area (Å²) in [6, 6.07) is 3.21. The minimum absolute atomic E-state index is 0.311. The van der Waals surface area contributed by atoms with E-state index in [1.165, 1.54) is 0 Å². The molecule has 0 saturated carbocycles. The Balaban J connectivity index is 2.84. The standard InChI is InChI=1S/C14H22ClN3O2/c1-4-20-14(19)11-8-10(16)9-12(15)13(11)17-6-5-7-18(2)3/h8-9,17H,4-7,16H2,1-3H3. The van der Waals surface area contributed by atoms with E-state index in [4.69, 9.17) is 22.1 Å². The first-order valence-electron chi connectivity index (χ1n) is 6.60. The molecule has 0 aliphatic carbocycles. The van der Waals surface area contributed by atoms with Crippen molar-refractivity contribution in [3.05, 3.63) is 22.7 Å². The fraction of sp³-hybridized carbons (Fsp3) is 0.500. The number of hydrogen-bond acceptors (Lipinski definition) is 5. The van der Waals surface area contributed by atoms with Gasteiger partial charge in [-0.15, -0.1) is 0 Å². The lowest BCUT2D eigenvalue weighted by Gasteiger charge is -2.15. The van der Waals surface area contributed by atoms with Crippen LogP contribution in [-0.2, 0) is 4.74 Å². The number of halogens is 1. The molecule has 6 heteroatoms. The van der Waals surface area contributed by atoms with Crippen molar-refractivity contribution in [3.8, 4) is 0 Å². The number of nitrogens with one attached hydrogen (secondary N) is 1. The molecule has 0 bridgehead atoms. The van der Waals surface area contributed by atoms with Gasteiger partial charge in [0, 0.05) is 12.2 Å². The number of carbonyl (C=O) groups is 1. The average Bonchev–Trinajstić information content (AvgIpc) is 2.35. The zero-order chi connectivity index (χ0) is 15.1. The topological polar surface area (TPSA) is 67.6 Å². The van der Waals surface area contributed by atoms with Gasteiger partial charge in [0.2, 0.25) is 0 Å². The van der Waals surface area contributed by atoms with E-state index in [2.05, 4.69) is 10.2 Å². The number of anilines is 2. The number of nitrogens with two attached hydrogens (primary N) is 1. The van der Waals surface area contributed by atoms with E-state index in [1.807, 2.05) is 14.1 Å². The highest BCUT2D eigenvalue weighted by atomic mass is 35.5. The summed E-state index contributed by atoms with van der Waals surface area (Å²) < 4.78 is 5.02. The lowest BCUT2D eigenvalue weighted by molar-refractivity contribution is 0.0527. The Labute approximate surface area is 125 Å². The minimum Gasteiger partial charge on any atom is -0.462 e. The lowest BCUT2D eigenvalue weighted by atomic mass is 10.1. The molecule has 1 aromatic rings. The number of rotatable bonds is 7. The molecule has 0 unspecified atom stereocenters. The van der Waals surface area contributed by atoms with E-state index in [0.717, 1.165) is 13.0 Å². The van der Waals surface area contributed by atoms with Crippen LogP contribution in [0, 0.1) is 0 Å². The normalized spacial score (nSPS) is 10.7. The van der Waals surface area contributed by atoms with Crippen LogP contribution in [0.25, 0.3) is 0 Å². The molecule has 20 heavy (non-hydrogen) atoms. The van der Waals surface area contributed by atoms with Gasteiger partial charge in [-0.1, -0.05) is 11.6 Å². The van der Waals surface area contributed by atoms with Gasteiger partial charge in [-0.2, -0.15) is 0 Å². The van der Waals surface area contributed by atoms with Gasteiger partial charge in [0.05, 0.1) is 22.9 Å². The highest BCUT2D eigenvalue weighted by Gasteiger charge is 2.16. The molecule has 0 aliphatic rings. The van der Waals surface area contributed by atoms with Crippen LogP contribution in [0.1, 0.15) is 23.7 Å². The van der Waals surface area contributed by atoms with E-state index >= 15 is 0 Å². The maximum absolute atomic E-state index is 11.9. The summed E-state index contributed by atoms with van der Waals surface area (Å²) in [5.41, 5.74) is 7.13. The number of hydrogen-bond donors (Lipinski definition) is 2. The third-order valence-electron chi connectivity index (χ3n) is 2.69. The summed E-state index contributed by atoms with van der Waals surface area (Å²) in [6.07, 6.45) is 0.940. The average molecular weight is 300 g/mol. The van der Waals surface area contributed by atoms with Crippen molar-refractivity contribution in [2.24, 2.45) is 0 Å². The number of carbonyl (C=O) groups excluding carboxylic acids is 1. The summed E-state index contributed by atoms with van der Waals surface area (Å²) in [6.45, 7) is 3.74. The number of esters is 1. The van der Waals surface area contributed by atoms with E-state index in [9.17, 15) is 4.79 Å². The Kier molecular flexibility index (Phi) is 6.61. The van der Waals surface area contributed by atoms with Crippen molar-refractivity contribution in [2.75, 3.05) is 44.8 Å². The molecule has 0 radical (unpaired) electrons. The summed E-state index contributed by atoms with van der Waals surface area (Å²) >= 11 is 6.16. The number of nitrogens with zero attached hydrogens (tertiary/aromatic N) is 1. The zero-order valence-corrected chi connectivity index (χ0v) is 13.0. The predicted octanol–water partition coefficient (Wildman–Crippen LogP) is 2.46. The number of nitrogen functional groups attached to an aromatic ring is 1. The quantitative estimate of drug-likeness (QED) is 0.460. The van der Waals surface area contributed by atoms with Crippen molar-refractivity contribution in [2.45, 2.75) is 13.3 Å².